The van der Waals surface area contributed by atoms with E-state index >= 15 is 0 Å². The molecule has 1 aliphatic carbocycles. The third-order valence-electron chi connectivity index (χ3n) is 4.32. The summed E-state index contributed by atoms with van der Waals surface area (Å²) >= 11 is 0. The minimum atomic E-state index is 0.730. The molecule has 3 atom stereocenters. The molecule has 2 nitrogen and oxygen atoms in total. The molecule has 2 fully saturated rings. The van der Waals surface area contributed by atoms with Crippen molar-refractivity contribution in [3.05, 3.63) is 0 Å². The lowest BCUT2D eigenvalue weighted by Gasteiger charge is -2.38. The summed E-state index contributed by atoms with van der Waals surface area (Å²) in [5.74, 6) is 1.86. The molecule has 0 aromatic rings. The largest absolute Gasteiger partial charge is 0.311 e. The Morgan fingerprint density at radius 1 is 1.31 bits per heavy atom. The molecular formula is C14H28N2. The van der Waals surface area contributed by atoms with Crippen molar-refractivity contribution in [2.75, 3.05) is 19.6 Å². The van der Waals surface area contributed by atoms with Crippen LogP contribution in [-0.2, 0) is 0 Å². The van der Waals surface area contributed by atoms with Crippen LogP contribution in [0.3, 0.4) is 0 Å². The van der Waals surface area contributed by atoms with Crippen molar-refractivity contribution in [1.29, 1.82) is 0 Å². The first kappa shape index (κ1) is 12.4. The maximum Gasteiger partial charge on any atom is 0.0119 e. The average Bonchev–Trinajstić information content (AvgIpc) is 3.05. The standard InChI is InChI=1S/C14H28N2/c1-4-16-8-7-14(11(2)10-16)15-12(3)9-13-5-6-13/h11-15H,4-10H2,1-3H3. The summed E-state index contributed by atoms with van der Waals surface area (Å²) in [6, 6.07) is 1.49. The van der Waals surface area contributed by atoms with Crippen LogP contribution < -0.4 is 5.32 Å². The molecule has 1 N–H and O–H groups in total. The summed E-state index contributed by atoms with van der Waals surface area (Å²) in [5, 5.41) is 3.86. The van der Waals surface area contributed by atoms with Gasteiger partial charge in [-0.05, 0) is 44.7 Å². The highest BCUT2D eigenvalue weighted by atomic mass is 15.1. The first-order chi connectivity index (χ1) is 7.69. The van der Waals surface area contributed by atoms with Gasteiger partial charge in [0.1, 0.15) is 0 Å². The van der Waals surface area contributed by atoms with Crippen LogP contribution in [0, 0.1) is 11.8 Å². The topological polar surface area (TPSA) is 15.3 Å². The summed E-state index contributed by atoms with van der Waals surface area (Å²) < 4.78 is 0. The second kappa shape index (κ2) is 5.50. The predicted molar refractivity (Wildman–Crippen MR) is 69.6 cm³/mol. The smallest absolute Gasteiger partial charge is 0.0119 e. The lowest BCUT2D eigenvalue weighted by atomic mass is 9.92. The van der Waals surface area contributed by atoms with E-state index in [0.29, 0.717) is 0 Å². The number of nitrogens with zero attached hydrogens (tertiary/aromatic N) is 1. The molecular weight excluding hydrogens is 196 g/mol. The fourth-order valence-corrected chi connectivity index (χ4v) is 3.05. The van der Waals surface area contributed by atoms with Gasteiger partial charge in [-0.3, -0.25) is 0 Å². The fourth-order valence-electron chi connectivity index (χ4n) is 3.05. The van der Waals surface area contributed by atoms with Gasteiger partial charge >= 0.3 is 0 Å². The van der Waals surface area contributed by atoms with Crippen LogP contribution in [0.25, 0.3) is 0 Å². The van der Waals surface area contributed by atoms with Crippen LogP contribution in [-0.4, -0.2) is 36.6 Å². The Kier molecular flexibility index (Phi) is 4.26. The molecule has 16 heavy (non-hydrogen) atoms. The summed E-state index contributed by atoms with van der Waals surface area (Å²) in [7, 11) is 0. The number of rotatable bonds is 5. The minimum absolute atomic E-state index is 0.730. The van der Waals surface area contributed by atoms with Gasteiger partial charge in [-0.1, -0.05) is 26.7 Å². The quantitative estimate of drug-likeness (QED) is 0.772. The van der Waals surface area contributed by atoms with E-state index < -0.39 is 0 Å². The molecule has 0 spiro atoms. The first-order valence-corrected chi connectivity index (χ1v) is 7.17. The van der Waals surface area contributed by atoms with Gasteiger partial charge in [-0.2, -0.15) is 0 Å². The minimum Gasteiger partial charge on any atom is -0.311 e. The lowest BCUT2D eigenvalue weighted by Crippen LogP contribution is -2.50. The van der Waals surface area contributed by atoms with Crippen molar-refractivity contribution in [3.63, 3.8) is 0 Å². The summed E-state index contributed by atoms with van der Waals surface area (Å²) in [5.41, 5.74) is 0. The van der Waals surface area contributed by atoms with Gasteiger partial charge in [0, 0.05) is 18.6 Å². The maximum atomic E-state index is 3.86. The number of hydrogen-bond acceptors (Lipinski definition) is 2. The van der Waals surface area contributed by atoms with Gasteiger partial charge in [0.25, 0.3) is 0 Å². The monoisotopic (exact) mass is 224 g/mol. The van der Waals surface area contributed by atoms with Crippen LogP contribution in [0.4, 0.5) is 0 Å². The van der Waals surface area contributed by atoms with E-state index in [1.54, 1.807) is 0 Å². The number of nitrogens with one attached hydrogen (secondary N) is 1. The van der Waals surface area contributed by atoms with Crippen molar-refractivity contribution in [2.45, 2.75) is 58.5 Å². The summed E-state index contributed by atoms with van der Waals surface area (Å²) in [6.45, 7) is 10.8. The number of likely N-dealkylation sites (tertiary alicyclic amines) is 1. The summed E-state index contributed by atoms with van der Waals surface area (Å²) in [6.07, 6.45) is 5.70. The van der Waals surface area contributed by atoms with Gasteiger partial charge in [-0.25, -0.2) is 0 Å². The van der Waals surface area contributed by atoms with Crippen molar-refractivity contribution >= 4 is 0 Å². The Morgan fingerprint density at radius 2 is 2.06 bits per heavy atom. The third kappa shape index (κ3) is 3.46. The highest BCUT2D eigenvalue weighted by molar-refractivity contribution is 4.86. The molecule has 0 radical (unpaired) electrons. The molecule has 1 heterocycles. The first-order valence-electron chi connectivity index (χ1n) is 7.17. The van der Waals surface area contributed by atoms with Crippen LogP contribution in [0.5, 0.6) is 0 Å². The maximum absolute atomic E-state index is 3.86. The van der Waals surface area contributed by atoms with Gasteiger partial charge < -0.3 is 10.2 Å². The molecule has 0 aromatic heterocycles. The third-order valence-corrected chi connectivity index (χ3v) is 4.32. The second-order valence-corrected chi connectivity index (χ2v) is 6.01. The zero-order valence-corrected chi connectivity index (χ0v) is 11.2. The van der Waals surface area contributed by atoms with Crippen LogP contribution >= 0.6 is 0 Å². The fraction of sp³-hybridized carbons (Fsp3) is 1.00. The van der Waals surface area contributed by atoms with E-state index in [0.717, 1.165) is 23.9 Å². The Bertz CT molecular complexity index is 213. The van der Waals surface area contributed by atoms with Crippen molar-refractivity contribution in [1.82, 2.24) is 10.2 Å². The second-order valence-electron chi connectivity index (χ2n) is 6.01. The summed E-state index contributed by atoms with van der Waals surface area (Å²) in [4.78, 5) is 2.58. The van der Waals surface area contributed by atoms with Crippen molar-refractivity contribution in [2.24, 2.45) is 11.8 Å². The molecule has 3 unspecified atom stereocenters. The average molecular weight is 224 g/mol. The molecule has 2 aliphatic rings. The molecule has 2 rings (SSSR count). The van der Waals surface area contributed by atoms with Crippen molar-refractivity contribution in [3.8, 4) is 0 Å². The molecule has 1 saturated carbocycles. The zero-order chi connectivity index (χ0) is 11.5. The van der Waals surface area contributed by atoms with Crippen LogP contribution in [0.15, 0.2) is 0 Å². The van der Waals surface area contributed by atoms with Crippen LogP contribution in [0.2, 0.25) is 0 Å². The van der Waals surface area contributed by atoms with E-state index in [1.165, 1.54) is 45.3 Å². The molecule has 0 bridgehead atoms. The molecule has 0 aromatic carbocycles. The molecule has 1 aliphatic heterocycles. The van der Waals surface area contributed by atoms with Gasteiger partial charge in [0.15, 0.2) is 0 Å². The van der Waals surface area contributed by atoms with E-state index in [-0.39, 0.29) is 0 Å². The predicted octanol–water partition coefficient (Wildman–Crippen LogP) is 2.49. The highest BCUT2D eigenvalue weighted by Gasteiger charge is 2.28. The van der Waals surface area contributed by atoms with E-state index in [2.05, 4.69) is 31.0 Å². The van der Waals surface area contributed by atoms with Gasteiger partial charge in [0.2, 0.25) is 0 Å². The molecule has 2 heteroatoms. The van der Waals surface area contributed by atoms with Gasteiger partial charge in [-0.15, -0.1) is 0 Å². The number of piperidine rings is 1. The molecule has 94 valence electrons. The lowest BCUT2D eigenvalue weighted by molar-refractivity contribution is 0.146. The molecule has 0 amide bonds. The molecule has 1 saturated heterocycles. The Morgan fingerprint density at radius 3 is 2.62 bits per heavy atom. The normalized spacial score (nSPS) is 33.9. The SMILES string of the molecule is CCN1CCC(NC(C)CC2CC2)C(C)C1. The van der Waals surface area contributed by atoms with Crippen molar-refractivity contribution < 1.29 is 0 Å². The Balaban J connectivity index is 1.72. The van der Waals surface area contributed by atoms with Gasteiger partial charge in [0.05, 0.1) is 0 Å². The number of hydrogen-bond donors (Lipinski definition) is 1. The van der Waals surface area contributed by atoms with Crippen LogP contribution in [0.1, 0.15) is 46.5 Å². The van der Waals surface area contributed by atoms with E-state index in [1.807, 2.05) is 0 Å². The Hall–Kier alpha value is -0.0800. The highest BCUT2D eigenvalue weighted by Crippen LogP contribution is 2.33. The zero-order valence-electron chi connectivity index (χ0n) is 11.2. The van der Waals surface area contributed by atoms with E-state index in [4.69, 9.17) is 0 Å². The Labute approximate surface area is 101 Å². The van der Waals surface area contributed by atoms with E-state index in [9.17, 15) is 0 Å².